The van der Waals surface area contributed by atoms with E-state index >= 15 is 0 Å². The molecule has 0 aliphatic carbocycles. The predicted molar refractivity (Wildman–Crippen MR) is 114 cm³/mol. The standard InChI is InChI=1S/C18H17ClFN5O2.C2HF3O2/c1-25-17(14(19)9-23-25)13-8-11(2-3-16(13)27-7-5-21)24-18(26)12-4-6-22-10-15(12)20;3-2(4,5)1(6)7/h2-4,6,8-10H,5,7,21H2,1H3,(H,24,26);(H,6,7). The molecule has 1 amide bonds. The number of anilines is 1. The van der Waals surface area contributed by atoms with E-state index < -0.39 is 23.9 Å². The molecule has 2 heterocycles. The van der Waals surface area contributed by atoms with Crippen molar-refractivity contribution in [2.45, 2.75) is 6.18 Å². The highest BCUT2D eigenvalue weighted by Crippen LogP contribution is 2.36. The highest BCUT2D eigenvalue weighted by molar-refractivity contribution is 6.33. The molecule has 0 aliphatic rings. The molecule has 182 valence electrons. The molecule has 3 rings (SSSR count). The fraction of sp³-hybridized carbons (Fsp3) is 0.200. The summed E-state index contributed by atoms with van der Waals surface area (Å²) in [6.45, 7) is 0.661. The van der Waals surface area contributed by atoms with Crippen molar-refractivity contribution in [3.05, 3.63) is 59.3 Å². The summed E-state index contributed by atoms with van der Waals surface area (Å²) in [5, 5.41) is 14.3. The van der Waals surface area contributed by atoms with E-state index in [1.165, 1.54) is 18.5 Å². The molecular formula is C20H18ClF4N5O4. The zero-order chi connectivity index (χ0) is 25.5. The maximum absolute atomic E-state index is 13.8. The number of hydrogen-bond acceptors (Lipinski definition) is 6. The lowest BCUT2D eigenvalue weighted by atomic mass is 10.1. The average molecular weight is 504 g/mol. The van der Waals surface area contributed by atoms with Crippen LogP contribution in [0.3, 0.4) is 0 Å². The van der Waals surface area contributed by atoms with Crippen molar-refractivity contribution in [3.63, 3.8) is 0 Å². The molecule has 0 saturated carbocycles. The fourth-order valence-electron chi connectivity index (χ4n) is 2.56. The van der Waals surface area contributed by atoms with Crippen molar-refractivity contribution in [1.82, 2.24) is 14.8 Å². The minimum Gasteiger partial charge on any atom is -0.492 e. The number of alkyl halides is 3. The second-order valence-corrected chi connectivity index (χ2v) is 6.83. The summed E-state index contributed by atoms with van der Waals surface area (Å²) in [5.74, 6) is -3.51. The molecule has 9 nitrogen and oxygen atoms in total. The Kier molecular flexibility index (Phi) is 8.92. The summed E-state index contributed by atoms with van der Waals surface area (Å²) in [5.41, 5.74) is 7.10. The number of aromatic nitrogens is 3. The highest BCUT2D eigenvalue weighted by Gasteiger charge is 2.38. The van der Waals surface area contributed by atoms with Crippen LogP contribution in [0, 0.1) is 5.82 Å². The molecule has 0 bridgehead atoms. The van der Waals surface area contributed by atoms with Gasteiger partial charge in [-0.3, -0.25) is 14.5 Å². The number of pyridine rings is 1. The zero-order valence-electron chi connectivity index (χ0n) is 17.4. The Morgan fingerprint density at radius 3 is 2.47 bits per heavy atom. The van der Waals surface area contributed by atoms with Crippen molar-refractivity contribution < 1.29 is 37.0 Å². The van der Waals surface area contributed by atoms with Crippen LogP contribution in [0.25, 0.3) is 11.3 Å². The number of aliphatic carboxylic acids is 1. The van der Waals surface area contributed by atoms with E-state index in [1.54, 1.807) is 29.9 Å². The van der Waals surface area contributed by atoms with Crippen molar-refractivity contribution in [2.24, 2.45) is 12.8 Å². The quantitative estimate of drug-likeness (QED) is 0.438. The summed E-state index contributed by atoms with van der Waals surface area (Å²) >= 11 is 6.25. The maximum Gasteiger partial charge on any atom is 0.490 e. The number of amides is 1. The van der Waals surface area contributed by atoms with Gasteiger partial charge in [-0.15, -0.1) is 0 Å². The number of aryl methyl sites for hydroxylation is 1. The largest absolute Gasteiger partial charge is 0.492 e. The summed E-state index contributed by atoms with van der Waals surface area (Å²) < 4.78 is 52.8. The van der Waals surface area contributed by atoms with Crippen molar-refractivity contribution >= 4 is 29.2 Å². The third-order valence-electron chi connectivity index (χ3n) is 4.02. The number of hydrogen-bond donors (Lipinski definition) is 3. The Labute approximate surface area is 195 Å². The molecule has 0 aliphatic heterocycles. The number of nitrogens with one attached hydrogen (secondary N) is 1. The number of carbonyl (C=O) groups excluding carboxylic acids is 1. The van der Waals surface area contributed by atoms with E-state index in [-0.39, 0.29) is 5.56 Å². The maximum atomic E-state index is 13.8. The fourth-order valence-corrected chi connectivity index (χ4v) is 2.83. The van der Waals surface area contributed by atoms with Crippen LogP contribution in [-0.2, 0) is 11.8 Å². The van der Waals surface area contributed by atoms with E-state index in [2.05, 4.69) is 15.4 Å². The number of carboxylic acid groups (broad SMARTS) is 1. The smallest absolute Gasteiger partial charge is 0.490 e. The van der Waals surface area contributed by atoms with E-state index in [4.69, 9.17) is 32.0 Å². The lowest BCUT2D eigenvalue weighted by Crippen LogP contribution is -2.21. The molecule has 3 aromatic rings. The van der Waals surface area contributed by atoms with Gasteiger partial charge < -0.3 is 20.9 Å². The number of carboxylic acids is 1. The number of rotatable bonds is 6. The monoisotopic (exact) mass is 503 g/mol. The van der Waals surface area contributed by atoms with Crippen molar-refractivity contribution in [1.29, 1.82) is 0 Å². The zero-order valence-corrected chi connectivity index (χ0v) is 18.2. The van der Waals surface area contributed by atoms with Gasteiger partial charge in [-0.2, -0.15) is 18.3 Å². The second-order valence-electron chi connectivity index (χ2n) is 6.43. The van der Waals surface area contributed by atoms with Crippen LogP contribution in [0.2, 0.25) is 5.02 Å². The van der Waals surface area contributed by atoms with E-state index in [1.807, 2.05) is 0 Å². The predicted octanol–water partition coefficient (Wildman–Crippen LogP) is 3.50. The number of benzene rings is 1. The average Bonchev–Trinajstić information content (AvgIpc) is 3.10. The number of carbonyl (C=O) groups is 2. The Balaban J connectivity index is 0.000000509. The summed E-state index contributed by atoms with van der Waals surface area (Å²) in [4.78, 5) is 24.9. The normalized spacial score (nSPS) is 10.8. The minimum absolute atomic E-state index is 0.103. The van der Waals surface area contributed by atoms with Crippen LogP contribution in [0.5, 0.6) is 5.75 Å². The summed E-state index contributed by atoms with van der Waals surface area (Å²) in [6, 6.07) is 6.33. The van der Waals surface area contributed by atoms with Gasteiger partial charge in [-0.25, -0.2) is 9.18 Å². The van der Waals surface area contributed by atoms with E-state index in [0.717, 1.165) is 6.20 Å². The molecule has 0 unspecified atom stereocenters. The van der Waals surface area contributed by atoms with Crippen LogP contribution in [0.15, 0.2) is 42.9 Å². The number of ether oxygens (including phenoxy) is 1. The molecule has 2 aromatic heterocycles. The highest BCUT2D eigenvalue weighted by atomic mass is 35.5. The van der Waals surface area contributed by atoms with Crippen LogP contribution in [0.1, 0.15) is 10.4 Å². The molecule has 0 saturated heterocycles. The first-order valence-electron chi connectivity index (χ1n) is 9.31. The van der Waals surface area contributed by atoms with Crippen molar-refractivity contribution in [3.8, 4) is 17.0 Å². The molecular weight excluding hydrogens is 486 g/mol. The van der Waals surface area contributed by atoms with Gasteiger partial charge in [0.2, 0.25) is 0 Å². The number of halogens is 5. The van der Waals surface area contributed by atoms with Gasteiger partial charge in [-0.1, -0.05) is 11.6 Å². The topological polar surface area (TPSA) is 132 Å². The van der Waals surface area contributed by atoms with Gasteiger partial charge in [-0.05, 0) is 24.3 Å². The molecule has 1 aromatic carbocycles. The van der Waals surface area contributed by atoms with Crippen LogP contribution < -0.4 is 15.8 Å². The van der Waals surface area contributed by atoms with Gasteiger partial charge in [0, 0.05) is 31.0 Å². The van der Waals surface area contributed by atoms with Gasteiger partial charge in [0.25, 0.3) is 5.91 Å². The van der Waals surface area contributed by atoms with Gasteiger partial charge in [0.1, 0.15) is 12.4 Å². The molecule has 4 N–H and O–H groups in total. The first-order valence-corrected chi connectivity index (χ1v) is 9.69. The first kappa shape index (κ1) is 26.5. The SMILES string of the molecule is Cn1ncc(Cl)c1-c1cc(NC(=O)c2ccncc2F)ccc1OCCN.O=C(O)C(F)(F)F. The summed E-state index contributed by atoms with van der Waals surface area (Å²) in [7, 11) is 1.74. The minimum atomic E-state index is -5.08. The van der Waals surface area contributed by atoms with Gasteiger partial charge in [0.15, 0.2) is 5.82 Å². The lowest BCUT2D eigenvalue weighted by Gasteiger charge is -2.14. The van der Waals surface area contributed by atoms with E-state index in [9.17, 15) is 22.4 Å². The third-order valence-corrected chi connectivity index (χ3v) is 4.30. The third kappa shape index (κ3) is 6.89. The van der Waals surface area contributed by atoms with Gasteiger partial charge >= 0.3 is 12.1 Å². The van der Waals surface area contributed by atoms with Crippen LogP contribution in [0.4, 0.5) is 23.2 Å². The molecule has 0 spiro atoms. The molecule has 14 heteroatoms. The second kappa shape index (κ2) is 11.4. The number of nitrogens with two attached hydrogens (primary N) is 1. The first-order chi connectivity index (χ1) is 16.0. The lowest BCUT2D eigenvalue weighted by molar-refractivity contribution is -0.192. The van der Waals surface area contributed by atoms with E-state index in [0.29, 0.717) is 40.9 Å². The molecule has 0 fully saturated rings. The van der Waals surface area contributed by atoms with Crippen LogP contribution in [-0.4, -0.2) is 51.1 Å². The van der Waals surface area contributed by atoms with Gasteiger partial charge in [0.05, 0.1) is 28.7 Å². The molecule has 0 radical (unpaired) electrons. The Morgan fingerprint density at radius 2 is 1.94 bits per heavy atom. The molecule has 0 atom stereocenters. The molecule has 34 heavy (non-hydrogen) atoms. The summed E-state index contributed by atoms with van der Waals surface area (Å²) in [6.07, 6.45) is -1.23. The Hall–Kier alpha value is -3.71. The van der Waals surface area contributed by atoms with Crippen molar-refractivity contribution in [2.75, 3.05) is 18.5 Å². The van der Waals surface area contributed by atoms with Crippen LogP contribution >= 0.6 is 11.6 Å². The number of nitrogens with zero attached hydrogens (tertiary/aromatic N) is 3. The Morgan fingerprint density at radius 1 is 1.26 bits per heavy atom. The Bertz CT molecular complexity index is 1150.